The molecule has 98 valence electrons. The molecule has 1 N–H and O–H groups in total. The van der Waals surface area contributed by atoms with Crippen molar-refractivity contribution in [2.75, 3.05) is 18.6 Å². The predicted molar refractivity (Wildman–Crippen MR) is 74.5 cm³/mol. The van der Waals surface area contributed by atoms with Crippen molar-refractivity contribution in [3.63, 3.8) is 0 Å². The normalized spacial score (nSPS) is 12.9. The van der Waals surface area contributed by atoms with Crippen LogP contribution >= 0.6 is 11.8 Å². The average molecular weight is 256 g/mol. The molecular weight excluding hydrogens is 232 g/mol. The van der Waals surface area contributed by atoms with E-state index < -0.39 is 0 Å². The van der Waals surface area contributed by atoms with Crippen LogP contribution in [0.4, 0.5) is 0 Å². The highest BCUT2D eigenvalue weighted by Crippen LogP contribution is 2.07. The maximum absolute atomic E-state index is 4.35. The minimum absolute atomic E-state index is 0.525. The van der Waals surface area contributed by atoms with Gasteiger partial charge in [-0.3, -0.25) is 4.68 Å². The molecule has 1 rings (SSSR count). The van der Waals surface area contributed by atoms with Crippen LogP contribution in [-0.2, 0) is 13.0 Å². The summed E-state index contributed by atoms with van der Waals surface area (Å²) in [5.74, 6) is 2.30. The molecule has 0 aromatic carbocycles. The van der Waals surface area contributed by atoms with Gasteiger partial charge in [-0.25, -0.2) is 4.98 Å². The van der Waals surface area contributed by atoms with Crippen LogP contribution in [0.15, 0.2) is 6.33 Å². The summed E-state index contributed by atoms with van der Waals surface area (Å²) in [6.07, 6.45) is 7.16. The van der Waals surface area contributed by atoms with Crippen LogP contribution in [0, 0.1) is 0 Å². The van der Waals surface area contributed by atoms with Crippen molar-refractivity contribution in [1.82, 2.24) is 20.1 Å². The quantitative estimate of drug-likeness (QED) is 0.733. The molecule has 1 aromatic heterocycles. The Morgan fingerprint density at radius 1 is 1.47 bits per heavy atom. The molecule has 0 radical (unpaired) electrons. The van der Waals surface area contributed by atoms with Gasteiger partial charge in [-0.2, -0.15) is 16.9 Å². The van der Waals surface area contributed by atoms with Crippen molar-refractivity contribution in [3.8, 4) is 0 Å². The van der Waals surface area contributed by atoms with E-state index in [1.54, 1.807) is 6.33 Å². The van der Waals surface area contributed by atoms with Gasteiger partial charge in [0.25, 0.3) is 0 Å². The van der Waals surface area contributed by atoms with Gasteiger partial charge >= 0.3 is 0 Å². The predicted octanol–water partition coefficient (Wildman–Crippen LogP) is 1.96. The third-order valence-corrected chi connectivity index (χ3v) is 3.42. The fourth-order valence-corrected chi connectivity index (χ4v) is 2.34. The number of hydrogen-bond donors (Lipinski definition) is 1. The second-order valence-electron chi connectivity index (χ2n) is 4.13. The van der Waals surface area contributed by atoms with E-state index in [1.807, 2.05) is 16.4 Å². The summed E-state index contributed by atoms with van der Waals surface area (Å²) in [6, 6.07) is 0.525. The lowest BCUT2D eigenvalue weighted by Crippen LogP contribution is -2.33. The van der Waals surface area contributed by atoms with Gasteiger partial charge < -0.3 is 5.32 Å². The molecular formula is C12H24N4S. The van der Waals surface area contributed by atoms with Crippen molar-refractivity contribution in [2.24, 2.45) is 0 Å². The Morgan fingerprint density at radius 2 is 2.29 bits per heavy atom. The molecule has 0 aliphatic rings. The summed E-state index contributed by atoms with van der Waals surface area (Å²) in [5, 5.41) is 7.82. The Bertz CT molecular complexity index is 292. The zero-order valence-electron chi connectivity index (χ0n) is 11.1. The Kier molecular flexibility index (Phi) is 7.28. The van der Waals surface area contributed by atoms with Gasteiger partial charge in [0.1, 0.15) is 12.2 Å². The molecule has 0 saturated heterocycles. The number of nitrogens with one attached hydrogen (secondary N) is 1. The molecule has 1 atom stereocenters. The molecule has 5 heteroatoms. The average Bonchev–Trinajstić information content (AvgIpc) is 2.79. The Hall–Kier alpha value is -0.550. The van der Waals surface area contributed by atoms with Crippen LogP contribution in [-0.4, -0.2) is 39.4 Å². The first kappa shape index (κ1) is 14.5. The summed E-state index contributed by atoms with van der Waals surface area (Å²) in [4.78, 5) is 4.35. The fraction of sp³-hybridized carbons (Fsp3) is 0.833. The maximum atomic E-state index is 4.35. The van der Waals surface area contributed by atoms with E-state index in [-0.39, 0.29) is 0 Å². The van der Waals surface area contributed by atoms with Crippen molar-refractivity contribution in [1.29, 1.82) is 0 Å². The highest BCUT2D eigenvalue weighted by molar-refractivity contribution is 7.98. The standard InChI is InChI=1S/C12H24N4S/c1-4-7-13-11(6-8-17-3)9-12-14-10-15-16(12)5-2/h10-11,13H,4-9H2,1-3H3. The maximum Gasteiger partial charge on any atom is 0.138 e. The van der Waals surface area contributed by atoms with E-state index in [1.165, 1.54) is 18.6 Å². The number of nitrogens with zero attached hydrogens (tertiary/aromatic N) is 3. The second-order valence-corrected chi connectivity index (χ2v) is 5.11. The second kappa shape index (κ2) is 8.53. The van der Waals surface area contributed by atoms with E-state index in [9.17, 15) is 0 Å². The van der Waals surface area contributed by atoms with Crippen LogP contribution in [0.1, 0.15) is 32.5 Å². The smallest absolute Gasteiger partial charge is 0.138 e. The molecule has 4 nitrogen and oxygen atoms in total. The third kappa shape index (κ3) is 5.08. The fourth-order valence-electron chi connectivity index (χ4n) is 1.82. The molecule has 0 fully saturated rings. The van der Waals surface area contributed by atoms with E-state index >= 15 is 0 Å². The Labute approximate surface area is 109 Å². The number of rotatable bonds is 9. The first-order valence-electron chi connectivity index (χ1n) is 6.40. The first-order chi connectivity index (χ1) is 8.31. The van der Waals surface area contributed by atoms with Crippen molar-refractivity contribution in [3.05, 3.63) is 12.2 Å². The lowest BCUT2D eigenvalue weighted by molar-refractivity contribution is 0.472. The highest BCUT2D eigenvalue weighted by Gasteiger charge is 2.12. The summed E-state index contributed by atoms with van der Waals surface area (Å²) < 4.78 is 1.99. The molecule has 1 heterocycles. The molecule has 1 unspecified atom stereocenters. The van der Waals surface area contributed by atoms with Gasteiger partial charge in [-0.05, 0) is 38.3 Å². The van der Waals surface area contributed by atoms with Gasteiger partial charge in [-0.1, -0.05) is 6.92 Å². The summed E-state index contributed by atoms with van der Waals surface area (Å²) in [6.45, 7) is 6.29. The largest absolute Gasteiger partial charge is 0.314 e. The van der Waals surface area contributed by atoms with E-state index in [4.69, 9.17) is 0 Å². The lowest BCUT2D eigenvalue weighted by atomic mass is 10.1. The molecule has 0 bridgehead atoms. The summed E-state index contributed by atoms with van der Waals surface area (Å²) in [7, 11) is 0. The van der Waals surface area contributed by atoms with Gasteiger partial charge in [0.05, 0.1) is 0 Å². The molecule has 17 heavy (non-hydrogen) atoms. The molecule has 0 aliphatic carbocycles. The zero-order valence-corrected chi connectivity index (χ0v) is 12.0. The van der Waals surface area contributed by atoms with E-state index in [2.05, 4.69) is 35.5 Å². The van der Waals surface area contributed by atoms with Crippen molar-refractivity contribution < 1.29 is 0 Å². The minimum Gasteiger partial charge on any atom is -0.314 e. The van der Waals surface area contributed by atoms with Gasteiger partial charge in [0.2, 0.25) is 0 Å². The number of hydrogen-bond acceptors (Lipinski definition) is 4. The van der Waals surface area contributed by atoms with Crippen LogP contribution in [0.5, 0.6) is 0 Å². The van der Waals surface area contributed by atoms with Crippen LogP contribution in [0.2, 0.25) is 0 Å². The summed E-state index contributed by atoms with van der Waals surface area (Å²) >= 11 is 1.90. The van der Waals surface area contributed by atoms with Gasteiger partial charge in [-0.15, -0.1) is 0 Å². The number of thioether (sulfide) groups is 1. The minimum atomic E-state index is 0.525. The number of aromatic nitrogens is 3. The van der Waals surface area contributed by atoms with Crippen LogP contribution in [0.25, 0.3) is 0 Å². The van der Waals surface area contributed by atoms with Gasteiger partial charge in [0, 0.05) is 19.0 Å². The molecule has 0 amide bonds. The molecule has 0 aliphatic heterocycles. The lowest BCUT2D eigenvalue weighted by Gasteiger charge is -2.17. The zero-order chi connectivity index (χ0) is 12.5. The Balaban J connectivity index is 2.51. The monoisotopic (exact) mass is 256 g/mol. The first-order valence-corrected chi connectivity index (χ1v) is 7.80. The van der Waals surface area contributed by atoms with E-state index in [0.717, 1.165) is 25.3 Å². The topological polar surface area (TPSA) is 42.7 Å². The molecule has 0 saturated carbocycles. The highest BCUT2D eigenvalue weighted by atomic mass is 32.2. The number of aryl methyl sites for hydroxylation is 1. The van der Waals surface area contributed by atoms with Crippen LogP contribution < -0.4 is 5.32 Å². The molecule has 0 spiro atoms. The van der Waals surface area contributed by atoms with Crippen molar-refractivity contribution in [2.45, 2.75) is 45.7 Å². The third-order valence-electron chi connectivity index (χ3n) is 2.78. The summed E-state index contributed by atoms with van der Waals surface area (Å²) in [5.41, 5.74) is 0. The van der Waals surface area contributed by atoms with Gasteiger partial charge in [0.15, 0.2) is 0 Å². The van der Waals surface area contributed by atoms with E-state index in [0.29, 0.717) is 6.04 Å². The van der Waals surface area contributed by atoms with Crippen LogP contribution in [0.3, 0.4) is 0 Å². The molecule has 1 aromatic rings. The Morgan fingerprint density at radius 3 is 2.94 bits per heavy atom. The SMILES string of the molecule is CCCNC(CCSC)Cc1ncnn1CC. The van der Waals surface area contributed by atoms with Crippen molar-refractivity contribution >= 4 is 11.8 Å².